The second-order valence-corrected chi connectivity index (χ2v) is 5.64. The van der Waals surface area contributed by atoms with Gasteiger partial charge in [-0.15, -0.1) is 0 Å². The summed E-state index contributed by atoms with van der Waals surface area (Å²) in [5.41, 5.74) is 3.52. The average molecular weight is 366 g/mol. The molecule has 0 aliphatic heterocycles. The molecule has 0 bridgehead atoms. The van der Waals surface area contributed by atoms with Gasteiger partial charge in [0.15, 0.2) is 0 Å². The molecule has 3 rings (SSSR count). The van der Waals surface area contributed by atoms with Crippen LogP contribution in [0.1, 0.15) is 11.1 Å². The van der Waals surface area contributed by atoms with Crippen LogP contribution in [0.5, 0.6) is 0 Å². The maximum absolute atomic E-state index is 8.95. The third kappa shape index (κ3) is 3.71. The standard InChI is InChI=1S/C17H12BrN5/c18-17-6-3-14(8-22-17)11-23(16-9-20-12-21-10-16)15-4-1-13(7-19)2-5-15/h1-6,8-10,12H,11H2. The van der Waals surface area contributed by atoms with Crippen LogP contribution in [-0.4, -0.2) is 15.0 Å². The summed E-state index contributed by atoms with van der Waals surface area (Å²) >= 11 is 3.34. The maximum atomic E-state index is 8.95. The lowest BCUT2D eigenvalue weighted by molar-refractivity contribution is 0.946. The number of hydrogen-bond acceptors (Lipinski definition) is 5. The van der Waals surface area contributed by atoms with E-state index < -0.39 is 0 Å². The number of rotatable bonds is 4. The van der Waals surface area contributed by atoms with E-state index in [9.17, 15) is 0 Å². The third-order valence-electron chi connectivity index (χ3n) is 3.30. The number of hydrogen-bond donors (Lipinski definition) is 0. The molecule has 0 saturated carbocycles. The van der Waals surface area contributed by atoms with Gasteiger partial charge in [-0.2, -0.15) is 5.26 Å². The van der Waals surface area contributed by atoms with Gasteiger partial charge in [-0.1, -0.05) is 6.07 Å². The number of halogens is 1. The van der Waals surface area contributed by atoms with Gasteiger partial charge < -0.3 is 4.90 Å². The first kappa shape index (κ1) is 15.1. The highest BCUT2D eigenvalue weighted by Gasteiger charge is 2.11. The molecule has 0 amide bonds. The monoisotopic (exact) mass is 365 g/mol. The Hall–Kier alpha value is -2.78. The normalized spacial score (nSPS) is 10.1. The molecule has 0 N–H and O–H groups in total. The second kappa shape index (κ2) is 6.99. The molecule has 0 aliphatic rings. The molecule has 0 unspecified atom stereocenters. The van der Waals surface area contributed by atoms with Crippen molar-refractivity contribution < 1.29 is 0 Å². The molecule has 1 aromatic carbocycles. The number of benzene rings is 1. The molecule has 2 aromatic heterocycles. The summed E-state index contributed by atoms with van der Waals surface area (Å²) in [5.74, 6) is 0. The van der Waals surface area contributed by atoms with Gasteiger partial charge in [0.1, 0.15) is 10.9 Å². The minimum atomic E-state index is 0.625. The summed E-state index contributed by atoms with van der Waals surface area (Å²) in [6.07, 6.45) is 6.85. The Labute approximate surface area is 142 Å². The van der Waals surface area contributed by atoms with E-state index in [2.05, 4.69) is 41.9 Å². The Morgan fingerprint density at radius 3 is 2.30 bits per heavy atom. The van der Waals surface area contributed by atoms with Crippen LogP contribution in [0.3, 0.4) is 0 Å². The second-order valence-electron chi connectivity index (χ2n) is 4.83. The van der Waals surface area contributed by atoms with Crippen LogP contribution < -0.4 is 4.90 Å². The molecular weight excluding hydrogens is 354 g/mol. The molecule has 0 aliphatic carbocycles. The van der Waals surface area contributed by atoms with Crippen LogP contribution in [0, 0.1) is 11.3 Å². The van der Waals surface area contributed by atoms with Gasteiger partial charge in [0.2, 0.25) is 0 Å². The first-order valence-corrected chi connectivity index (χ1v) is 7.69. The topological polar surface area (TPSA) is 65.7 Å². The SMILES string of the molecule is N#Cc1ccc(N(Cc2ccc(Br)nc2)c2cncnc2)cc1. The zero-order chi connectivity index (χ0) is 16.1. The summed E-state index contributed by atoms with van der Waals surface area (Å²) in [6.45, 7) is 0.625. The van der Waals surface area contributed by atoms with E-state index in [1.807, 2.05) is 30.5 Å². The molecule has 23 heavy (non-hydrogen) atoms. The van der Waals surface area contributed by atoms with E-state index in [4.69, 9.17) is 5.26 Å². The van der Waals surface area contributed by atoms with Crippen LogP contribution in [0.2, 0.25) is 0 Å². The van der Waals surface area contributed by atoms with Gasteiger partial charge in [0.05, 0.1) is 29.7 Å². The fourth-order valence-electron chi connectivity index (χ4n) is 2.16. The maximum Gasteiger partial charge on any atom is 0.115 e. The van der Waals surface area contributed by atoms with Crippen LogP contribution in [0.4, 0.5) is 11.4 Å². The van der Waals surface area contributed by atoms with E-state index in [0.717, 1.165) is 21.5 Å². The van der Waals surface area contributed by atoms with Crippen LogP contribution in [-0.2, 0) is 6.54 Å². The van der Waals surface area contributed by atoms with Crippen molar-refractivity contribution in [2.45, 2.75) is 6.54 Å². The van der Waals surface area contributed by atoms with E-state index in [1.165, 1.54) is 6.33 Å². The van der Waals surface area contributed by atoms with E-state index in [-0.39, 0.29) is 0 Å². The van der Waals surface area contributed by atoms with Crippen molar-refractivity contribution in [3.63, 3.8) is 0 Å². The molecular formula is C17H12BrN5. The lowest BCUT2D eigenvalue weighted by Crippen LogP contribution is -2.17. The summed E-state index contributed by atoms with van der Waals surface area (Å²) < 4.78 is 0.800. The van der Waals surface area contributed by atoms with Gasteiger partial charge in [-0.25, -0.2) is 15.0 Å². The largest absolute Gasteiger partial charge is 0.334 e. The number of nitriles is 1. The molecule has 6 heteroatoms. The quantitative estimate of drug-likeness (QED) is 0.657. The molecule has 0 fully saturated rings. The van der Waals surface area contributed by atoms with Gasteiger partial charge in [-0.05, 0) is 51.8 Å². The molecule has 2 heterocycles. The highest BCUT2D eigenvalue weighted by molar-refractivity contribution is 9.10. The van der Waals surface area contributed by atoms with Crippen molar-refractivity contribution in [1.29, 1.82) is 5.26 Å². The summed E-state index contributed by atoms with van der Waals surface area (Å²) in [5, 5.41) is 8.95. The fourth-order valence-corrected chi connectivity index (χ4v) is 2.40. The zero-order valence-electron chi connectivity index (χ0n) is 12.1. The first-order valence-electron chi connectivity index (χ1n) is 6.89. The van der Waals surface area contributed by atoms with Crippen molar-refractivity contribution in [2.24, 2.45) is 0 Å². The first-order chi connectivity index (χ1) is 11.3. The Morgan fingerprint density at radius 2 is 1.70 bits per heavy atom. The molecule has 112 valence electrons. The predicted octanol–water partition coefficient (Wildman–Crippen LogP) is 3.84. The Bertz CT molecular complexity index is 810. The minimum Gasteiger partial charge on any atom is -0.334 e. The highest BCUT2D eigenvalue weighted by atomic mass is 79.9. The highest BCUT2D eigenvalue weighted by Crippen LogP contribution is 2.26. The van der Waals surface area contributed by atoms with Gasteiger partial charge in [0.25, 0.3) is 0 Å². The Kier molecular flexibility index (Phi) is 4.60. The van der Waals surface area contributed by atoms with E-state index >= 15 is 0 Å². The van der Waals surface area contributed by atoms with E-state index in [0.29, 0.717) is 12.1 Å². The molecule has 0 radical (unpaired) electrons. The molecule has 3 aromatic rings. The molecule has 0 spiro atoms. The van der Waals surface area contributed by atoms with Crippen LogP contribution in [0.25, 0.3) is 0 Å². The Balaban J connectivity index is 1.96. The van der Waals surface area contributed by atoms with Gasteiger partial charge in [-0.3, -0.25) is 0 Å². The smallest absolute Gasteiger partial charge is 0.115 e. The Morgan fingerprint density at radius 1 is 0.957 bits per heavy atom. The van der Waals surface area contributed by atoms with E-state index in [1.54, 1.807) is 24.5 Å². The zero-order valence-corrected chi connectivity index (χ0v) is 13.7. The molecule has 0 saturated heterocycles. The van der Waals surface area contributed by atoms with Crippen molar-refractivity contribution in [3.05, 3.63) is 77.0 Å². The predicted molar refractivity (Wildman–Crippen MR) is 91.0 cm³/mol. The van der Waals surface area contributed by atoms with Crippen molar-refractivity contribution in [2.75, 3.05) is 4.90 Å². The average Bonchev–Trinajstić information content (AvgIpc) is 2.62. The van der Waals surface area contributed by atoms with Gasteiger partial charge >= 0.3 is 0 Å². The van der Waals surface area contributed by atoms with Gasteiger partial charge in [0, 0.05) is 18.4 Å². The summed E-state index contributed by atoms with van der Waals surface area (Å²) in [7, 11) is 0. The number of aromatic nitrogens is 3. The van der Waals surface area contributed by atoms with Crippen LogP contribution >= 0.6 is 15.9 Å². The van der Waals surface area contributed by atoms with Crippen molar-refractivity contribution >= 4 is 27.3 Å². The van der Waals surface area contributed by atoms with Crippen LogP contribution in [0.15, 0.2) is 65.9 Å². The molecule has 5 nitrogen and oxygen atoms in total. The number of pyridine rings is 1. The summed E-state index contributed by atoms with van der Waals surface area (Å²) in [6, 6.07) is 13.5. The minimum absolute atomic E-state index is 0.625. The number of anilines is 2. The molecule has 0 atom stereocenters. The fraction of sp³-hybridized carbons (Fsp3) is 0.0588. The lowest BCUT2D eigenvalue weighted by atomic mass is 10.2. The summed E-state index contributed by atoms with van der Waals surface area (Å²) in [4.78, 5) is 14.5. The third-order valence-corrected chi connectivity index (χ3v) is 3.77. The number of nitrogens with zero attached hydrogens (tertiary/aromatic N) is 5. The van der Waals surface area contributed by atoms with Crippen molar-refractivity contribution in [1.82, 2.24) is 15.0 Å². The lowest BCUT2D eigenvalue weighted by Gasteiger charge is -2.24. The van der Waals surface area contributed by atoms with Crippen molar-refractivity contribution in [3.8, 4) is 6.07 Å².